The second kappa shape index (κ2) is 3.82. The van der Waals surface area contributed by atoms with Gasteiger partial charge in [-0.3, -0.25) is 0 Å². The highest BCUT2D eigenvalue weighted by Gasteiger charge is 2.18. The highest BCUT2D eigenvalue weighted by atomic mass is 15.0. The molecule has 1 heteroatoms. The number of hydrogen-bond donors (Lipinski definition) is 0. The fourth-order valence-electron chi connectivity index (χ4n) is 2.81. The highest BCUT2D eigenvalue weighted by molar-refractivity contribution is 5.63. The summed E-state index contributed by atoms with van der Waals surface area (Å²) >= 11 is 0. The normalized spacial score (nSPS) is 14.1. The van der Waals surface area contributed by atoms with Crippen LogP contribution in [-0.4, -0.2) is 4.57 Å². The van der Waals surface area contributed by atoms with Gasteiger partial charge in [-0.25, -0.2) is 0 Å². The lowest BCUT2D eigenvalue weighted by atomic mass is 10.1. The lowest BCUT2D eigenvalue weighted by Gasteiger charge is -2.09. The van der Waals surface area contributed by atoms with E-state index < -0.39 is 0 Å². The minimum Gasteiger partial charge on any atom is -0.345 e. The van der Waals surface area contributed by atoms with Crippen molar-refractivity contribution < 1.29 is 0 Å². The van der Waals surface area contributed by atoms with E-state index in [9.17, 15) is 0 Å². The van der Waals surface area contributed by atoms with E-state index >= 15 is 0 Å². The molecule has 0 radical (unpaired) electrons. The molecule has 0 aliphatic heterocycles. The first-order valence-corrected chi connectivity index (χ1v) is 6.17. The number of rotatable bonds is 2. The molecule has 1 aromatic heterocycles. The van der Waals surface area contributed by atoms with Gasteiger partial charge in [0.1, 0.15) is 0 Å². The molecule has 0 unspecified atom stereocenters. The molecule has 1 heterocycles. The number of hydrogen-bond acceptors (Lipinski definition) is 0. The zero-order valence-electron chi connectivity index (χ0n) is 9.74. The molecule has 0 atom stereocenters. The standard InChI is InChI=1S/C15H17N/c1-2-16-14-10-6-9-13(14)11-15(16)12-7-4-3-5-8-12/h3-5,7-8,11H,2,6,9-10H2,1H3. The van der Waals surface area contributed by atoms with Gasteiger partial charge < -0.3 is 4.57 Å². The van der Waals surface area contributed by atoms with Gasteiger partial charge in [-0.05, 0) is 43.4 Å². The summed E-state index contributed by atoms with van der Waals surface area (Å²) < 4.78 is 2.48. The van der Waals surface area contributed by atoms with Crippen molar-refractivity contribution in [3.8, 4) is 11.3 Å². The molecule has 0 amide bonds. The molecule has 1 aliphatic carbocycles. The first kappa shape index (κ1) is 9.71. The van der Waals surface area contributed by atoms with Crippen LogP contribution in [0.15, 0.2) is 36.4 Å². The Bertz CT molecular complexity index is 494. The van der Waals surface area contributed by atoms with E-state index in [4.69, 9.17) is 0 Å². The average Bonchev–Trinajstić information content (AvgIpc) is 2.89. The quantitative estimate of drug-likeness (QED) is 0.714. The molecule has 0 saturated heterocycles. The first-order valence-electron chi connectivity index (χ1n) is 6.17. The van der Waals surface area contributed by atoms with Crippen molar-refractivity contribution in [3.63, 3.8) is 0 Å². The largest absolute Gasteiger partial charge is 0.345 e. The summed E-state index contributed by atoms with van der Waals surface area (Å²) in [4.78, 5) is 0. The lowest BCUT2D eigenvalue weighted by molar-refractivity contribution is 0.722. The second-order valence-corrected chi connectivity index (χ2v) is 4.47. The summed E-state index contributed by atoms with van der Waals surface area (Å²) in [7, 11) is 0. The van der Waals surface area contributed by atoms with Crippen LogP contribution in [0.4, 0.5) is 0 Å². The van der Waals surface area contributed by atoms with Crippen LogP contribution >= 0.6 is 0 Å². The van der Waals surface area contributed by atoms with Gasteiger partial charge in [-0.2, -0.15) is 0 Å². The summed E-state index contributed by atoms with van der Waals surface area (Å²) in [5, 5.41) is 0. The molecule has 3 rings (SSSR count). The van der Waals surface area contributed by atoms with Gasteiger partial charge in [0.05, 0.1) is 0 Å². The third-order valence-corrected chi connectivity index (χ3v) is 3.54. The zero-order valence-corrected chi connectivity index (χ0v) is 9.74. The number of aryl methyl sites for hydroxylation is 1. The van der Waals surface area contributed by atoms with Crippen LogP contribution in [0.2, 0.25) is 0 Å². The monoisotopic (exact) mass is 211 g/mol. The third-order valence-electron chi connectivity index (χ3n) is 3.54. The maximum absolute atomic E-state index is 2.48. The van der Waals surface area contributed by atoms with E-state index in [2.05, 4.69) is 47.9 Å². The zero-order chi connectivity index (χ0) is 11.0. The third kappa shape index (κ3) is 1.39. The Kier molecular flexibility index (Phi) is 2.32. The van der Waals surface area contributed by atoms with Crippen LogP contribution in [0, 0.1) is 0 Å². The van der Waals surface area contributed by atoms with E-state index in [1.54, 1.807) is 11.3 Å². The van der Waals surface area contributed by atoms with Crippen molar-refractivity contribution in [1.29, 1.82) is 0 Å². The Morgan fingerprint density at radius 3 is 2.69 bits per heavy atom. The summed E-state index contributed by atoms with van der Waals surface area (Å²) in [6.45, 7) is 3.32. The van der Waals surface area contributed by atoms with E-state index in [1.807, 2.05) is 0 Å². The molecule has 0 bridgehead atoms. The van der Waals surface area contributed by atoms with Crippen molar-refractivity contribution in [2.75, 3.05) is 0 Å². The van der Waals surface area contributed by atoms with Crippen LogP contribution in [0.3, 0.4) is 0 Å². The van der Waals surface area contributed by atoms with Gasteiger partial charge in [0.25, 0.3) is 0 Å². The molecule has 0 N–H and O–H groups in total. The predicted molar refractivity (Wildman–Crippen MR) is 67.6 cm³/mol. The van der Waals surface area contributed by atoms with E-state index in [-0.39, 0.29) is 0 Å². The van der Waals surface area contributed by atoms with Crippen LogP contribution in [0.25, 0.3) is 11.3 Å². The number of nitrogens with zero attached hydrogens (tertiary/aromatic N) is 1. The summed E-state index contributed by atoms with van der Waals surface area (Å²) in [5.74, 6) is 0. The maximum atomic E-state index is 2.48. The van der Waals surface area contributed by atoms with Gasteiger partial charge in [0.2, 0.25) is 0 Å². The Labute approximate surface area is 96.7 Å². The molecular formula is C15H17N. The molecule has 0 saturated carbocycles. The van der Waals surface area contributed by atoms with E-state index in [0.29, 0.717) is 0 Å². The first-order chi connectivity index (χ1) is 7.90. The fraction of sp³-hybridized carbons (Fsp3) is 0.333. The smallest absolute Gasteiger partial charge is 0.0485 e. The van der Waals surface area contributed by atoms with Crippen LogP contribution in [0.1, 0.15) is 24.6 Å². The minimum atomic E-state index is 1.08. The maximum Gasteiger partial charge on any atom is 0.0485 e. The Morgan fingerprint density at radius 2 is 1.94 bits per heavy atom. The van der Waals surface area contributed by atoms with Crippen molar-refractivity contribution in [2.24, 2.45) is 0 Å². The van der Waals surface area contributed by atoms with Crippen molar-refractivity contribution >= 4 is 0 Å². The van der Waals surface area contributed by atoms with Gasteiger partial charge >= 0.3 is 0 Å². The highest BCUT2D eigenvalue weighted by Crippen LogP contribution is 2.31. The Hall–Kier alpha value is -1.50. The van der Waals surface area contributed by atoms with Crippen molar-refractivity contribution in [2.45, 2.75) is 32.7 Å². The molecule has 1 nitrogen and oxygen atoms in total. The number of fused-ring (bicyclic) bond motifs is 1. The SMILES string of the molecule is CCn1c(-c2ccccc2)cc2c1CCC2. The van der Waals surface area contributed by atoms with Crippen LogP contribution in [0.5, 0.6) is 0 Å². The predicted octanol–water partition coefficient (Wildman–Crippen LogP) is 3.66. The molecule has 1 aliphatic rings. The minimum absolute atomic E-state index is 1.08. The van der Waals surface area contributed by atoms with Crippen LogP contribution < -0.4 is 0 Å². The molecule has 0 fully saturated rings. The van der Waals surface area contributed by atoms with Gasteiger partial charge in [0.15, 0.2) is 0 Å². The number of aromatic nitrogens is 1. The molecule has 1 aromatic carbocycles. The van der Waals surface area contributed by atoms with Gasteiger partial charge in [-0.1, -0.05) is 30.3 Å². The fourth-order valence-corrected chi connectivity index (χ4v) is 2.81. The van der Waals surface area contributed by atoms with Crippen molar-refractivity contribution in [1.82, 2.24) is 4.57 Å². The van der Waals surface area contributed by atoms with Gasteiger partial charge in [0, 0.05) is 17.9 Å². The molecule has 0 spiro atoms. The van der Waals surface area contributed by atoms with Crippen molar-refractivity contribution in [3.05, 3.63) is 47.7 Å². The van der Waals surface area contributed by atoms with E-state index in [0.717, 1.165) is 6.54 Å². The summed E-state index contributed by atoms with van der Waals surface area (Å²) in [6.07, 6.45) is 3.86. The second-order valence-electron chi connectivity index (χ2n) is 4.47. The molecule has 16 heavy (non-hydrogen) atoms. The number of benzene rings is 1. The molecule has 2 aromatic rings. The molecule has 82 valence electrons. The van der Waals surface area contributed by atoms with Gasteiger partial charge in [-0.15, -0.1) is 0 Å². The van der Waals surface area contributed by atoms with E-state index in [1.165, 1.54) is 30.5 Å². The topological polar surface area (TPSA) is 4.93 Å². The molecular weight excluding hydrogens is 194 g/mol. The summed E-state index contributed by atoms with van der Waals surface area (Å²) in [6, 6.07) is 13.1. The Morgan fingerprint density at radius 1 is 1.12 bits per heavy atom. The Balaban J connectivity index is 2.15. The lowest BCUT2D eigenvalue weighted by Crippen LogP contribution is -2.01. The van der Waals surface area contributed by atoms with Crippen LogP contribution in [-0.2, 0) is 19.4 Å². The average molecular weight is 211 g/mol. The summed E-state index contributed by atoms with van der Waals surface area (Å²) in [5.41, 5.74) is 5.88.